The summed E-state index contributed by atoms with van der Waals surface area (Å²) in [6.45, 7) is 0. The molecule has 8 N–H and O–H groups in total. The highest BCUT2D eigenvalue weighted by molar-refractivity contribution is 7.98. The smallest absolute Gasteiger partial charge is 0.175 e. The van der Waals surface area contributed by atoms with Crippen molar-refractivity contribution in [2.45, 2.75) is 0 Å². The first-order chi connectivity index (χ1) is 9.90. The number of hydrogen-bond donors (Lipinski definition) is 8. The van der Waals surface area contributed by atoms with E-state index in [1.807, 2.05) is 0 Å². The van der Waals surface area contributed by atoms with Gasteiger partial charge in [0.1, 0.15) is 21.8 Å². The summed E-state index contributed by atoms with van der Waals surface area (Å²) < 4.78 is 0. The first-order valence-corrected chi connectivity index (χ1v) is 13.9. The van der Waals surface area contributed by atoms with Crippen molar-refractivity contribution < 1.29 is 40.9 Å². The van der Waals surface area contributed by atoms with E-state index in [4.69, 9.17) is 0 Å². The predicted molar refractivity (Wildman–Crippen MR) is 87.2 cm³/mol. The van der Waals surface area contributed by atoms with E-state index < -0.39 is 72.6 Å². The van der Waals surface area contributed by atoms with Crippen LogP contribution in [-0.4, -0.2) is 103 Å². The van der Waals surface area contributed by atoms with E-state index in [9.17, 15) is 40.9 Å². The molecule has 0 atom stereocenters. The van der Waals surface area contributed by atoms with E-state index in [1.54, 1.807) is 0 Å². The molecule has 128 valence electrons. The van der Waals surface area contributed by atoms with Crippen LogP contribution in [0.2, 0.25) is 0 Å². The van der Waals surface area contributed by atoms with Crippen molar-refractivity contribution in [1.29, 1.82) is 0 Å². The fraction of sp³-hybridized carbons (Fsp3) is 1.00. The molecule has 0 aliphatic carbocycles. The minimum atomic E-state index is -2.55. The highest BCUT2D eigenvalue weighted by Gasteiger charge is 2.58. The van der Waals surface area contributed by atoms with Gasteiger partial charge in [-0.3, -0.25) is 0 Å². The van der Waals surface area contributed by atoms with Crippen LogP contribution in [0.3, 0.4) is 0 Å². The summed E-state index contributed by atoms with van der Waals surface area (Å²) in [5.74, 6) is 0.219. The third-order valence-corrected chi connectivity index (χ3v) is 18.0. The third-order valence-electron chi connectivity index (χ3n) is 3.60. The van der Waals surface area contributed by atoms with Gasteiger partial charge in [0, 0.05) is 0 Å². The number of rotatable bonds is 12. The fourth-order valence-corrected chi connectivity index (χ4v) is 17.6. The molecule has 0 amide bonds. The molecule has 0 spiro atoms. The van der Waals surface area contributed by atoms with E-state index >= 15 is 0 Å². The molecule has 0 aromatic heterocycles. The first-order valence-electron chi connectivity index (χ1n) is 6.32. The van der Waals surface area contributed by atoms with Crippen LogP contribution in [-0.2, 0) is 0 Å². The Labute approximate surface area is 126 Å². The Hall–Kier alpha value is 0.970. The molecule has 0 aromatic rings. The van der Waals surface area contributed by atoms with E-state index in [1.165, 1.54) is 0 Å². The van der Waals surface area contributed by atoms with Gasteiger partial charge in [0.25, 0.3) is 0 Å². The molecule has 11 heteroatoms. The lowest BCUT2D eigenvalue weighted by molar-refractivity contribution is 0.311. The van der Waals surface area contributed by atoms with Crippen LogP contribution in [0.4, 0.5) is 0 Å². The van der Waals surface area contributed by atoms with Gasteiger partial charge in [0.15, 0.2) is 62.6 Å². The Morgan fingerprint density at radius 2 is 0.524 bits per heavy atom. The Morgan fingerprint density at radius 3 is 0.667 bits per heavy atom. The zero-order valence-corrected chi connectivity index (χ0v) is 14.7. The molecular weight excluding hydrogens is 341 g/mol. The highest BCUT2D eigenvalue weighted by Crippen LogP contribution is 2.79. The molecule has 0 saturated heterocycles. The molecule has 21 heavy (non-hydrogen) atoms. The lowest BCUT2D eigenvalue weighted by atomic mass is 11.6. The van der Waals surface area contributed by atoms with E-state index in [0.29, 0.717) is 0 Å². The molecule has 0 unspecified atom stereocenters. The maximum absolute atomic E-state index is 9.71. The number of hydrogen-bond acceptors (Lipinski definition) is 8. The minimum absolute atomic E-state index is 0.109. The Bertz CT molecular complexity index is 241. The maximum atomic E-state index is 9.71. The second-order valence-corrected chi connectivity index (χ2v) is 18.0. The average molecular weight is 369 g/mol. The number of aliphatic hydroxyl groups is 8. The first kappa shape index (κ1) is 22.0. The summed E-state index contributed by atoms with van der Waals surface area (Å²) in [4.78, 5) is 0. The molecule has 0 radical (unpaired) electrons. The molecule has 0 aromatic carbocycles. The quantitative estimate of drug-likeness (QED) is 0.194. The van der Waals surface area contributed by atoms with Crippen molar-refractivity contribution >= 4 is 21.8 Å². The van der Waals surface area contributed by atoms with E-state index in [2.05, 4.69) is 0 Å². The van der Waals surface area contributed by atoms with Crippen LogP contribution in [0.15, 0.2) is 0 Å². The number of aliphatic hydroxyl groups excluding tert-OH is 8. The molecule has 0 saturated carbocycles. The highest BCUT2D eigenvalue weighted by atomic mass is 31.3. The molecular formula is C10H28O8P3+3. The van der Waals surface area contributed by atoms with Gasteiger partial charge in [-0.15, -0.1) is 0 Å². The molecule has 0 bridgehead atoms. The average Bonchev–Trinajstić information content (AvgIpc) is 2.57. The Balaban J connectivity index is 5.42. The van der Waals surface area contributed by atoms with Crippen LogP contribution < -0.4 is 0 Å². The summed E-state index contributed by atoms with van der Waals surface area (Å²) >= 11 is 0. The van der Waals surface area contributed by atoms with Gasteiger partial charge in [-0.25, -0.2) is 0 Å². The van der Waals surface area contributed by atoms with Gasteiger partial charge < -0.3 is 40.9 Å². The van der Waals surface area contributed by atoms with Crippen LogP contribution in [0.5, 0.6) is 0 Å². The lowest BCUT2D eigenvalue weighted by Crippen LogP contribution is -2.23. The van der Waals surface area contributed by atoms with Crippen molar-refractivity contribution in [3.63, 3.8) is 0 Å². The van der Waals surface area contributed by atoms with Gasteiger partial charge in [0.2, 0.25) is 0 Å². The Morgan fingerprint density at radius 1 is 0.333 bits per heavy atom. The second-order valence-electron chi connectivity index (χ2n) is 5.44. The Kier molecular flexibility index (Phi) is 10.4. The van der Waals surface area contributed by atoms with Crippen LogP contribution in [0, 0.1) is 0 Å². The molecule has 0 fully saturated rings. The van der Waals surface area contributed by atoms with Crippen molar-refractivity contribution in [2.24, 2.45) is 0 Å². The van der Waals surface area contributed by atoms with E-state index in [0.717, 1.165) is 0 Å². The molecule has 0 rings (SSSR count). The van der Waals surface area contributed by atoms with Crippen molar-refractivity contribution in [1.82, 2.24) is 0 Å². The van der Waals surface area contributed by atoms with Gasteiger partial charge in [-0.1, -0.05) is 0 Å². The standard InChI is InChI=1S/C10H28O8P3/c11-1-19(2-12,3-13)9-21(7-17,8-18)10-20(4-14,5-15)6-16/h11-18H,1-10H2/q+3. The molecule has 8 nitrogen and oxygen atoms in total. The van der Waals surface area contributed by atoms with Gasteiger partial charge in [-0.05, 0) is 0 Å². The molecule has 0 aliphatic heterocycles. The van der Waals surface area contributed by atoms with Crippen molar-refractivity contribution in [2.75, 3.05) is 62.6 Å². The second kappa shape index (κ2) is 9.96. The topological polar surface area (TPSA) is 162 Å². The summed E-state index contributed by atoms with van der Waals surface area (Å²) in [5.41, 5.74) is 0. The van der Waals surface area contributed by atoms with Crippen molar-refractivity contribution in [3.8, 4) is 0 Å². The molecule has 0 aliphatic rings. The monoisotopic (exact) mass is 369 g/mol. The summed E-state index contributed by atoms with van der Waals surface area (Å²) in [7, 11) is -7.63. The summed E-state index contributed by atoms with van der Waals surface area (Å²) in [5, 5.41) is 76.1. The summed E-state index contributed by atoms with van der Waals surface area (Å²) in [6, 6.07) is 0. The minimum Gasteiger partial charge on any atom is -0.361 e. The maximum Gasteiger partial charge on any atom is 0.175 e. The van der Waals surface area contributed by atoms with Crippen LogP contribution in [0.1, 0.15) is 0 Å². The van der Waals surface area contributed by atoms with Crippen molar-refractivity contribution in [3.05, 3.63) is 0 Å². The van der Waals surface area contributed by atoms with Gasteiger partial charge in [-0.2, -0.15) is 0 Å². The van der Waals surface area contributed by atoms with Crippen LogP contribution in [0.25, 0.3) is 0 Å². The fourth-order valence-electron chi connectivity index (χ4n) is 2.08. The lowest BCUT2D eigenvalue weighted by Gasteiger charge is -2.31. The zero-order chi connectivity index (χ0) is 16.6. The van der Waals surface area contributed by atoms with Crippen LogP contribution >= 0.6 is 21.8 Å². The molecule has 0 heterocycles. The van der Waals surface area contributed by atoms with Gasteiger partial charge in [0.05, 0.1) is 0 Å². The van der Waals surface area contributed by atoms with E-state index in [-0.39, 0.29) is 11.8 Å². The predicted octanol–water partition coefficient (Wildman–Crippen LogP) is -1.45. The normalized spacial score (nSPS) is 13.7. The largest absolute Gasteiger partial charge is 0.361 e. The summed E-state index contributed by atoms with van der Waals surface area (Å²) in [6.07, 6.45) is -3.26. The SMILES string of the molecule is OC[P+](CO)(CO)C[P+](CO)(CO)C[P+](CO)(CO)CO. The third kappa shape index (κ3) is 5.52. The zero-order valence-electron chi connectivity index (χ0n) is 12.0. The van der Waals surface area contributed by atoms with Gasteiger partial charge >= 0.3 is 0 Å².